The molecule has 0 aromatic carbocycles. The van der Waals surface area contributed by atoms with Crippen LogP contribution in [0, 0.1) is 0 Å². The SMILES string of the molecule is C/C=C(\O)C(=O)C(O)CO. The van der Waals surface area contributed by atoms with E-state index < -0.39 is 24.3 Å². The molecular weight excluding hydrogens is 136 g/mol. The molecule has 0 saturated heterocycles. The third kappa shape index (κ3) is 2.16. The lowest BCUT2D eigenvalue weighted by molar-refractivity contribution is -0.127. The first-order chi connectivity index (χ1) is 4.63. The van der Waals surface area contributed by atoms with Gasteiger partial charge in [0.25, 0.3) is 0 Å². The van der Waals surface area contributed by atoms with Crippen molar-refractivity contribution in [2.75, 3.05) is 6.61 Å². The van der Waals surface area contributed by atoms with Crippen LogP contribution in [-0.2, 0) is 4.79 Å². The number of hydrogen-bond donors (Lipinski definition) is 3. The topological polar surface area (TPSA) is 77.8 Å². The molecule has 0 aliphatic rings. The van der Waals surface area contributed by atoms with Crippen LogP contribution in [0.2, 0.25) is 0 Å². The third-order valence-corrected chi connectivity index (χ3v) is 1.00. The summed E-state index contributed by atoms with van der Waals surface area (Å²) in [4.78, 5) is 10.6. The summed E-state index contributed by atoms with van der Waals surface area (Å²) in [5, 5.41) is 25.5. The second kappa shape index (κ2) is 4.03. The number of rotatable bonds is 3. The molecule has 1 atom stereocenters. The van der Waals surface area contributed by atoms with Crippen molar-refractivity contribution in [2.45, 2.75) is 13.0 Å². The largest absolute Gasteiger partial charge is 0.505 e. The molecular formula is C6H10O4. The molecule has 0 aliphatic heterocycles. The zero-order valence-corrected chi connectivity index (χ0v) is 5.61. The minimum atomic E-state index is -1.50. The highest BCUT2D eigenvalue weighted by Crippen LogP contribution is 1.95. The summed E-state index contributed by atoms with van der Waals surface area (Å²) < 4.78 is 0. The quantitative estimate of drug-likeness (QED) is 0.366. The second-order valence-corrected chi connectivity index (χ2v) is 1.74. The predicted molar refractivity (Wildman–Crippen MR) is 34.5 cm³/mol. The maximum atomic E-state index is 10.6. The van der Waals surface area contributed by atoms with Crippen molar-refractivity contribution < 1.29 is 20.1 Å². The zero-order chi connectivity index (χ0) is 8.15. The molecule has 4 nitrogen and oxygen atoms in total. The van der Waals surface area contributed by atoms with Crippen LogP contribution in [-0.4, -0.2) is 33.8 Å². The summed E-state index contributed by atoms with van der Waals surface area (Å²) in [5.41, 5.74) is 0. The lowest BCUT2D eigenvalue weighted by Crippen LogP contribution is -2.25. The van der Waals surface area contributed by atoms with E-state index in [-0.39, 0.29) is 0 Å². The average Bonchev–Trinajstić information content (AvgIpc) is 2.00. The molecule has 4 heteroatoms. The van der Waals surface area contributed by atoms with Crippen LogP contribution < -0.4 is 0 Å². The van der Waals surface area contributed by atoms with Crippen molar-refractivity contribution >= 4 is 5.78 Å². The minimum absolute atomic E-state index is 0.526. The van der Waals surface area contributed by atoms with Gasteiger partial charge in [0.15, 0.2) is 5.76 Å². The third-order valence-electron chi connectivity index (χ3n) is 1.00. The van der Waals surface area contributed by atoms with Crippen LogP contribution in [0.25, 0.3) is 0 Å². The van der Waals surface area contributed by atoms with Gasteiger partial charge in [-0.15, -0.1) is 0 Å². The maximum absolute atomic E-state index is 10.6. The van der Waals surface area contributed by atoms with Crippen molar-refractivity contribution in [3.05, 3.63) is 11.8 Å². The molecule has 3 N–H and O–H groups in total. The molecule has 1 unspecified atom stereocenters. The summed E-state index contributed by atoms with van der Waals surface area (Å²) in [6, 6.07) is 0. The first-order valence-electron chi connectivity index (χ1n) is 2.82. The molecule has 58 valence electrons. The van der Waals surface area contributed by atoms with E-state index in [0.717, 1.165) is 6.08 Å². The highest BCUT2D eigenvalue weighted by molar-refractivity contribution is 5.96. The summed E-state index contributed by atoms with van der Waals surface area (Å²) in [5.74, 6) is -1.38. The lowest BCUT2D eigenvalue weighted by Gasteiger charge is -2.03. The minimum Gasteiger partial charge on any atom is -0.505 e. The molecule has 0 aromatic rings. The van der Waals surface area contributed by atoms with E-state index in [1.165, 1.54) is 6.92 Å². The van der Waals surface area contributed by atoms with E-state index in [4.69, 9.17) is 15.3 Å². The number of ketones is 1. The van der Waals surface area contributed by atoms with Gasteiger partial charge in [0, 0.05) is 0 Å². The molecule has 0 amide bonds. The number of aliphatic hydroxyl groups excluding tert-OH is 3. The Hall–Kier alpha value is -0.870. The molecule has 0 fully saturated rings. The number of aliphatic hydroxyl groups is 3. The lowest BCUT2D eigenvalue weighted by atomic mass is 10.2. The van der Waals surface area contributed by atoms with Crippen molar-refractivity contribution in [1.82, 2.24) is 0 Å². The van der Waals surface area contributed by atoms with Crippen molar-refractivity contribution in [2.24, 2.45) is 0 Å². The van der Waals surface area contributed by atoms with Gasteiger partial charge in [0.2, 0.25) is 5.78 Å². The fraction of sp³-hybridized carbons (Fsp3) is 0.500. The Balaban J connectivity index is 4.08. The van der Waals surface area contributed by atoms with E-state index in [0.29, 0.717) is 0 Å². The van der Waals surface area contributed by atoms with Gasteiger partial charge in [-0.2, -0.15) is 0 Å². The molecule has 0 bridgehead atoms. The van der Waals surface area contributed by atoms with Crippen LogP contribution in [0.15, 0.2) is 11.8 Å². The van der Waals surface area contributed by atoms with Gasteiger partial charge < -0.3 is 15.3 Å². The van der Waals surface area contributed by atoms with Gasteiger partial charge in [0.05, 0.1) is 6.61 Å². The first-order valence-corrected chi connectivity index (χ1v) is 2.82. The number of Topliss-reactive ketones (excluding diaryl/α,β-unsaturated/α-hetero) is 1. The summed E-state index contributed by atoms with van der Waals surface area (Å²) in [7, 11) is 0. The Morgan fingerprint density at radius 1 is 1.70 bits per heavy atom. The van der Waals surface area contributed by atoms with E-state index >= 15 is 0 Å². The summed E-state index contributed by atoms with van der Waals surface area (Å²) in [6.45, 7) is 0.786. The van der Waals surface area contributed by atoms with E-state index in [1.54, 1.807) is 0 Å². The van der Waals surface area contributed by atoms with Crippen molar-refractivity contribution in [3.8, 4) is 0 Å². The zero-order valence-electron chi connectivity index (χ0n) is 5.61. The fourth-order valence-corrected chi connectivity index (χ4v) is 0.396. The highest BCUT2D eigenvalue weighted by atomic mass is 16.3. The number of carbonyl (C=O) groups excluding carboxylic acids is 1. The average molecular weight is 146 g/mol. The van der Waals surface area contributed by atoms with Crippen molar-refractivity contribution in [1.29, 1.82) is 0 Å². The molecule has 0 aliphatic carbocycles. The Labute approximate surface area is 58.4 Å². The molecule has 0 aromatic heterocycles. The van der Waals surface area contributed by atoms with Gasteiger partial charge in [-0.25, -0.2) is 0 Å². The maximum Gasteiger partial charge on any atom is 0.227 e. The van der Waals surface area contributed by atoms with Gasteiger partial charge in [-0.1, -0.05) is 0 Å². The van der Waals surface area contributed by atoms with Crippen LogP contribution in [0.5, 0.6) is 0 Å². The van der Waals surface area contributed by atoms with Crippen LogP contribution in [0.4, 0.5) is 0 Å². The highest BCUT2D eigenvalue weighted by Gasteiger charge is 2.16. The van der Waals surface area contributed by atoms with Crippen LogP contribution in [0.3, 0.4) is 0 Å². The van der Waals surface area contributed by atoms with E-state index in [9.17, 15) is 4.79 Å². The smallest absolute Gasteiger partial charge is 0.227 e. The summed E-state index contributed by atoms with van der Waals surface area (Å²) in [6.07, 6.45) is -0.350. The molecule has 0 radical (unpaired) electrons. The normalized spacial score (nSPS) is 14.9. The Kier molecular flexibility index (Phi) is 3.68. The molecule has 0 rings (SSSR count). The van der Waals surface area contributed by atoms with E-state index in [1.807, 2.05) is 0 Å². The predicted octanol–water partition coefficient (Wildman–Crippen LogP) is -0.629. The second-order valence-electron chi connectivity index (χ2n) is 1.74. The van der Waals surface area contributed by atoms with Crippen LogP contribution >= 0.6 is 0 Å². The molecule has 0 spiro atoms. The Morgan fingerprint density at radius 3 is 2.50 bits per heavy atom. The fourth-order valence-electron chi connectivity index (χ4n) is 0.396. The molecule has 10 heavy (non-hydrogen) atoms. The standard InChI is InChI=1S/C6H10O4/c1-2-4(8)6(10)5(9)3-7/h2,5,7-9H,3H2,1H3/b4-2-. The van der Waals surface area contributed by atoms with Gasteiger partial charge >= 0.3 is 0 Å². The Bertz CT molecular complexity index is 150. The van der Waals surface area contributed by atoms with Gasteiger partial charge in [-0.05, 0) is 13.0 Å². The number of allylic oxidation sites excluding steroid dienone is 1. The van der Waals surface area contributed by atoms with Crippen LogP contribution in [0.1, 0.15) is 6.92 Å². The Morgan fingerprint density at radius 2 is 2.20 bits per heavy atom. The van der Waals surface area contributed by atoms with Gasteiger partial charge in [0.1, 0.15) is 6.10 Å². The monoisotopic (exact) mass is 146 g/mol. The van der Waals surface area contributed by atoms with Crippen molar-refractivity contribution in [3.63, 3.8) is 0 Å². The first kappa shape index (κ1) is 9.13. The molecule has 0 heterocycles. The number of hydrogen-bond acceptors (Lipinski definition) is 4. The number of carbonyl (C=O) groups is 1. The summed E-state index contributed by atoms with van der Waals surface area (Å²) >= 11 is 0. The van der Waals surface area contributed by atoms with E-state index in [2.05, 4.69) is 0 Å². The molecule has 0 saturated carbocycles. The van der Waals surface area contributed by atoms with Gasteiger partial charge in [-0.3, -0.25) is 4.79 Å².